The average molecular weight is 483 g/mol. The molecule has 0 radical (unpaired) electrons. The molecule has 1 amide bonds. The van der Waals surface area contributed by atoms with Crippen molar-refractivity contribution in [3.05, 3.63) is 77.6 Å². The number of esters is 1. The number of para-hydroxylation sites is 1. The number of ketones is 1. The van der Waals surface area contributed by atoms with Gasteiger partial charge in [0.25, 0.3) is 5.91 Å². The first kappa shape index (κ1) is 23.9. The van der Waals surface area contributed by atoms with Crippen LogP contribution in [-0.4, -0.2) is 53.9 Å². The van der Waals surface area contributed by atoms with Crippen molar-refractivity contribution in [3.63, 3.8) is 0 Å². The number of anilines is 2. The molecule has 0 atom stereocenters. The molecule has 0 spiro atoms. The number of halogens is 2. The van der Waals surface area contributed by atoms with Crippen LogP contribution in [0.25, 0.3) is 0 Å². The molecule has 1 aromatic heterocycles. The smallest absolute Gasteiger partial charge is 0.387 e. The van der Waals surface area contributed by atoms with Crippen LogP contribution in [0, 0.1) is 0 Å². The van der Waals surface area contributed by atoms with E-state index in [1.54, 1.807) is 23.1 Å². The van der Waals surface area contributed by atoms with E-state index >= 15 is 0 Å². The number of nitrogens with one attached hydrogen (secondary N) is 2. The van der Waals surface area contributed by atoms with Gasteiger partial charge in [0.15, 0.2) is 6.61 Å². The molecule has 35 heavy (non-hydrogen) atoms. The van der Waals surface area contributed by atoms with Crippen molar-refractivity contribution >= 4 is 29.0 Å². The van der Waals surface area contributed by atoms with Crippen molar-refractivity contribution in [2.24, 2.45) is 0 Å². The number of nitrogens with zero attached hydrogens (tertiary/aromatic N) is 1. The van der Waals surface area contributed by atoms with E-state index < -0.39 is 25.0 Å². The molecule has 182 valence electrons. The summed E-state index contributed by atoms with van der Waals surface area (Å²) >= 11 is 0. The van der Waals surface area contributed by atoms with E-state index in [-0.39, 0.29) is 22.8 Å². The summed E-state index contributed by atoms with van der Waals surface area (Å²) in [6.45, 7) is -2.03. The number of H-pyrrole nitrogens is 1. The van der Waals surface area contributed by atoms with Gasteiger partial charge in [0.1, 0.15) is 11.4 Å². The molecule has 1 aliphatic heterocycles. The highest BCUT2D eigenvalue weighted by molar-refractivity contribution is 6.03. The van der Waals surface area contributed by atoms with Crippen molar-refractivity contribution in [3.8, 4) is 5.75 Å². The Balaban J connectivity index is 1.36. The van der Waals surface area contributed by atoms with Crippen LogP contribution >= 0.6 is 0 Å². The zero-order valence-electron chi connectivity index (χ0n) is 18.6. The van der Waals surface area contributed by atoms with Crippen molar-refractivity contribution < 1.29 is 32.6 Å². The third-order valence-corrected chi connectivity index (χ3v) is 5.47. The van der Waals surface area contributed by atoms with Gasteiger partial charge in [-0.1, -0.05) is 12.1 Å². The standard InChI is InChI=1S/C25H23F2N3O5/c26-25(27)35-18-9-7-17(8-10-18)29-20-6-2-1-5-19(20)24(33)34-15-22(31)16-13-21(28-14-16)23(32)30-11-3-4-12-30/h1-2,5-10,13-14,25,28-29H,3-4,11-12,15H2. The molecule has 10 heteroatoms. The van der Waals surface area contributed by atoms with Crippen molar-refractivity contribution in [1.29, 1.82) is 0 Å². The van der Waals surface area contributed by atoms with Gasteiger partial charge in [0, 0.05) is 30.5 Å². The molecule has 3 aromatic rings. The minimum atomic E-state index is -2.92. The van der Waals surface area contributed by atoms with E-state index in [4.69, 9.17) is 4.74 Å². The summed E-state index contributed by atoms with van der Waals surface area (Å²) < 4.78 is 34.2. The molecule has 2 aromatic carbocycles. The second kappa shape index (κ2) is 10.8. The van der Waals surface area contributed by atoms with Gasteiger partial charge in [-0.2, -0.15) is 8.78 Å². The number of carbonyl (C=O) groups excluding carboxylic acids is 3. The number of amides is 1. The summed E-state index contributed by atoms with van der Waals surface area (Å²) in [6.07, 6.45) is 3.35. The Bertz CT molecular complexity index is 1200. The predicted octanol–water partition coefficient (Wildman–Crippen LogP) is 4.64. The first-order valence-corrected chi connectivity index (χ1v) is 11.0. The number of ether oxygens (including phenoxy) is 2. The Morgan fingerprint density at radius 3 is 2.46 bits per heavy atom. The number of hydrogen-bond acceptors (Lipinski definition) is 6. The highest BCUT2D eigenvalue weighted by atomic mass is 19.3. The predicted molar refractivity (Wildman–Crippen MR) is 123 cm³/mol. The molecule has 0 saturated carbocycles. The molecule has 4 rings (SSSR count). The fourth-order valence-electron chi connectivity index (χ4n) is 3.71. The molecule has 0 unspecified atom stereocenters. The molecule has 2 N–H and O–H groups in total. The topological polar surface area (TPSA) is 101 Å². The van der Waals surface area contributed by atoms with Gasteiger partial charge in [0.2, 0.25) is 5.78 Å². The number of carbonyl (C=O) groups is 3. The summed E-state index contributed by atoms with van der Waals surface area (Å²) in [5.74, 6) is -1.32. The molecular weight excluding hydrogens is 460 g/mol. The first-order chi connectivity index (χ1) is 16.9. The van der Waals surface area contributed by atoms with Gasteiger partial charge < -0.3 is 24.7 Å². The summed E-state index contributed by atoms with van der Waals surface area (Å²) in [5, 5.41) is 3.02. The van der Waals surface area contributed by atoms with Crippen LogP contribution in [-0.2, 0) is 4.74 Å². The van der Waals surface area contributed by atoms with E-state index in [2.05, 4.69) is 15.0 Å². The van der Waals surface area contributed by atoms with Crippen LogP contribution in [0.15, 0.2) is 60.8 Å². The number of aromatic nitrogens is 1. The average Bonchev–Trinajstić information content (AvgIpc) is 3.56. The van der Waals surface area contributed by atoms with Crippen LogP contribution in [0.5, 0.6) is 5.75 Å². The van der Waals surface area contributed by atoms with E-state index in [1.807, 2.05) is 0 Å². The molecule has 2 heterocycles. The fourth-order valence-corrected chi connectivity index (χ4v) is 3.71. The third kappa shape index (κ3) is 6.03. The summed E-state index contributed by atoms with van der Waals surface area (Å²) in [4.78, 5) is 42.2. The normalized spacial score (nSPS) is 13.1. The second-order valence-electron chi connectivity index (χ2n) is 7.87. The Hall–Kier alpha value is -4.21. The zero-order valence-corrected chi connectivity index (χ0v) is 18.6. The van der Waals surface area contributed by atoms with Crippen molar-refractivity contribution in [2.75, 3.05) is 25.0 Å². The summed E-state index contributed by atoms with van der Waals surface area (Å²) in [5.41, 5.74) is 1.70. The molecule has 8 nitrogen and oxygen atoms in total. The van der Waals surface area contributed by atoms with Crippen LogP contribution < -0.4 is 10.1 Å². The maximum atomic E-state index is 12.7. The number of aromatic amines is 1. The summed E-state index contributed by atoms with van der Waals surface area (Å²) in [6, 6.07) is 13.8. The summed E-state index contributed by atoms with van der Waals surface area (Å²) in [7, 11) is 0. The van der Waals surface area contributed by atoms with Gasteiger partial charge >= 0.3 is 12.6 Å². The Labute approximate surface area is 199 Å². The largest absolute Gasteiger partial charge is 0.454 e. The quantitative estimate of drug-likeness (QED) is 0.340. The van der Waals surface area contributed by atoms with Gasteiger partial charge in [-0.25, -0.2) is 4.79 Å². The lowest BCUT2D eigenvalue weighted by atomic mass is 10.1. The van der Waals surface area contributed by atoms with Gasteiger partial charge in [-0.15, -0.1) is 0 Å². The van der Waals surface area contributed by atoms with E-state index in [1.165, 1.54) is 42.6 Å². The lowest BCUT2D eigenvalue weighted by Gasteiger charge is -2.13. The Morgan fingerprint density at radius 1 is 1.03 bits per heavy atom. The SMILES string of the molecule is O=C(COC(=O)c1ccccc1Nc1ccc(OC(F)F)cc1)c1c[nH]c(C(=O)N2CCCC2)c1. The fraction of sp³-hybridized carbons (Fsp3) is 0.240. The lowest BCUT2D eigenvalue weighted by molar-refractivity contribution is -0.0498. The minimum absolute atomic E-state index is 0.00630. The zero-order chi connectivity index (χ0) is 24.8. The maximum absolute atomic E-state index is 12.7. The Kier molecular flexibility index (Phi) is 7.39. The minimum Gasteiger partial charge on any atom is -0.454 e. The lowest BCUT2D eigenvalue weighted by Crippen LogP contribution is -2.27. The van der Waals surface area contributed by atoms with Gasteiger partial charge in [-0.3, -0.25) is 9.59 Å². The number of likely N-dealkylation sites (tertiary alicyclic amines) is 1. The molecule has 1 saturated heterocycles. The van der Waals surface area contributed by atoms with Gasteiger partial charge in [0.05, 0.1) is 11.3 Å². The Morgan fingerprint density at radius 2 is 1.74 bits per heavy atom. The van der Waals surface area contributed by atoms with Crippen LogP contribution in [0.2, 0.25) is 0 Å². The molecular formula is C25H23F2N3O5. The highest BCUT2D eigenvalue weighted by Gasteiger charge is 2.22. The van der Waals surface area contributed by atoms with Gasteiger partial charge in [-0.05, 0) is 55.3 Å². The third-order valence-electron chi connectivity index (χ3n) is 5.47. The van der Waals surface area contributed by atoms with Crippen molar-refractivity contribution in [1.82, 2.24) is 9.88 Å². The maximum Gasteiger partial charge on any atom is 0.387 e. The second-order valence-corrected chi connectivity index (χ2v) is 7.87. The highest BCUT2D eigenvalue weighted by Crippen LogP contribution is 2.24. The van der Waals surface area contributed by atoms with E-state index in [0.717, 1.165) is 12.8 Å². The number of Topliss-reactive ketones (excluding diaryl/α,β-unsaturated/α-hetero) is 1. The molecule has 1 fully saturated rings. The van der Waals surface area contributed by atoms with E-state index in [0.29, 0.717) is 30.2 Å². The molecule has 0 bridgehead atoms. The number of rotatable bonds is 9. The molecule has 1 aliphatic rings. The number of alkyl halides is 2. The van der Waals surface area contributed by atoms with Crippen molar-refractivity contribution in [2.45, 2.75) is 19.5 Å². The molecule has 0 aliphatic carbocycles. The number of hydrogen-bond donors (Lipinski definition) is 2. The monoisotopic (exact) mass is 483 g/mol. The van der Waals surface area contributed by atoms with E-state index in [9.17, 15) is 23.2 Å². The number of benzene rings is 2. The van der Waals surface area contributed by atoms with Crippen LogP contribution in [0.4, 0.5) is 20.2 Å². The van der Waals surface area contributed by atoms with Crippen LogP contribution in [0.1, 0.15) is 44.0 Å². The van der Waals surface area contributed by atoms with Crippen LogP contribution in [0.3, 0.4) is 0 Å². The first-order valence-electron chi connectivity index (χ1n) is 11.0.